The molecule has 0 saturated carbocycles. The van der Waals surface area contributed by atoms with E-state index in [1.165, 1.54) is 25.6 Å². The van der Waals surface area contributed by atoms with E-state index in [4.69, 9.17) is 9.47 Å². The SMILES string of the molecule is CNCc1ccc(S(=O)(=O)N(C)CCOC)c(OC)c1. The molecule has 0 aliphatic carbocycles. The molecule has 0 fully saturated rings. The maximum Gasteiger partial charge on any atom is 0.246 e. The summed E-state index contributed by atoms with van der Waals surface area (Å²) in [5, 5.41) is 3.01. The first-order valence-corrected chi connectivity index (χ1v) is 7.68. The van der Waals surface area contributed by atoms with Crippen molar-refractivity contribution >= 4 is 10.0 Å². The zero-order chi connectivity index (χ0) is 15.2. The van der Waals surface area contributed by atoms with Crippen molar-refractivity contribution in [1.29, 1.82) is 0 Å². The van der Waals surface area contributed by atoms with Gasteiger partial charge in [-0.05, 0) is 24.7 Å². The minimum atomic E-state index is -3.58. The molecular weight excluding hydrogens is 280 g/mol. The number of hydrogen-bond acceptors (Lipinski definition) is 5. The van der Waals surface area contributed by atoms with Crippen molar-refractivity contribution in [3.8, 4) is 5.75 Å². The highest BCUT2D eigenvalue weighted by atomic mass is 32.2. The Morgan fingerprint density at radius 3 is 2.55 bits per heavy atom. The van der Waals surface area contributed by atoms with E-state index in [2.05, 4.69) is 5.32 Å². The van der Waals surface area contributed by atoms with Crippen LogP contribution >= 0.6 is 0 Å². The molecule has 7 heteroatoms. The highest BCUT2D eigenvalue weighted by molar-refractivity contribution is 7.89. The van der Waals surface area contributed by atoms with E-state index in [0.717, 1.165) is 5.56 Å². The number of benzene rings is 1. The summed E-state index contributed by atoms with van der Waals surface area (Å²) in [6, 6.07) is 5.08. The lowest BCUT2D eigenvalue weighted by atomic mass is 10.2. The van der Waals surface area contributed by atoms with E-state index in [9.17, 15) is 8.42 Å². The number of methoxy groups -OCH3 is 2. The number of nitrogens with one attached hydrogen (secondary N) is 1. The zero-order valence-corrected chi connectivity index (χ0v) is 13.2. The molecule has 1 rings (SSSR count). The molecule has 1 aromatic carbocycles. The van der Waals surface area contributed by atoms with Crippen LogP contribution in [0.25, 0.3) is 0 Å². The summed E-state index contributed by atoms with van der Waals surface area (Å²) in [4.78, 5) is 0.165. The maximum atomic E-state index is 12.5. The molecule has 114 valence electrons. The number of sulfonamides is 1. The lowest BCUT2D eigenvalue weighted by Crippen LogP contribution is -2.30. The van der Waals surface area contributed by atoms with Gasteiger partial charge >= 0.3 is 0 Å². The second-order valence-electron chi connectivity index (χ2n) is 4.33. The van der Waals surface area contributed by atoms with Crippen molar-refractivity contribution in [2.24, 2.45) is 0 Å². The molecule has 0 unspecified atom stereocenters. The molecule has 6 nitrogen and oxygen atoms in total. The van der Waals surface area contributed by atoms with Crippen LogP contribution in [-0.4, -0.2) is 54.2 Å². The van der Waals surface area contributed by atoms with E-state index in [1.807, 2.05) is 7.05 Å². The fourth-order valence-corrected chi connectivity index (χ4v) is 3.03. The average molecular weight is 302 g/mol. The van der Waals surface area contributed by atoms with Crippen molar-refractivity contribution in [2.75, 3.05) is 41.5 Å². The van der Waals surface area contributed by atoms with Crippen molar-refractivity contribution in [1.82, 2.24) is 9.62 Å². The molecule has 20 heavy (non-hydrogen) atoms. The van der Waals surface area contributed by atoms with Gasteiger partial charge in [-0.2, -0.15) is 4.31 Å². The first-order valence-electron chi connectivity index (χ1n) is 6.24. The van der Waals surface area contributed by atoms with Gasteiger partial charge in [-0.15, -0.1) is 0 Å². The molecule has 0 bridgehead atoms. The van der Waals surface area contributed by atoms with Crippen LogP contribution in [0.1, 0.15) is 5.56 Å². The van der Waals surface area contributed by atoms with Crippen LogP contribution in [0.5, 0.6) is 5.75 Å². The number of hydrogen-bond donors (Lipinski definition) is 1. The van der Waals surface area contributed by atoms with Crippen LogP contribution in [0.2, 0.25) is 0 Å². The molecule has 0 aromatic heterocycles. The summed E-state index contributed by atoms with van der Waals surface area (Å²) in [5.74, 6) is 0.349. The number of rotatable bonds is 8. The van der Waals surface area contributed by atoms with Gasteiger partial charge in [0.15, 0.2) is 0 Å². The summed E-state index contributed by atoms with van der Waals surface area (Å²) in [5.41, 5.74) is 0.961. The van der Waals surface area contributed by atoms with E-state index >= 15 is 0 Å². The van der Waals surface area contributed by atoms with Crippen LogP contribution in [0.3, 0.4) is 0 Å². The van der Waals surface area contributed by atoms with Crippen molar-refractivity contribution < 1.29 is 17.9 Å². The predicted molar refractivity (Wildman–Crippen MR) is 77.4 cm³/mol. The fourth-order valence-electron chi connectivity index (χ4n) is 1.75. The summed E-state index contributed by atoms with van der Waals surface area (Å²) in [6.45, 7) is 1.28. The second kappa shape index (κ2) is 7.58. The fraction of sp³-hybridized carbons (Fsp3) is 0.538. The Morgan fingerprint density at radius 1 is 1.30 bits per heavy atom. The van der Waals surface area contributed by atoms with Gasteiger partial charge in [-0.1, -0.05) is 6.07 Å². The smallest absolute Gasteiger partial charge is 0.246 e. The van der Waals surface area contributed by atoms with Crippen molar-refractivity contribution in [3.63, 3.8) is 0 Å². The lowest BCUT2D eigenvalue weighted by molar-refractivity contribution is 0.185. The summed E-state index contributed by atoms with van der Waals surface area (Å²) < 4.78 is 36.3. The monoisotopic (exact) mass is 302 g/mol. The Kier molecular flexibility index (Phi) is 6.41. The van der Waals surface area contributed by atoms with E-state index < -0.39 is 10.0 Å². The largest absolute Gasteiger partial charge is 0.495 e. The van der Waals surface area contributed by atoms with Crippen LogP contribution in [0.4, 0.5) is 0 Å². The molecule has 0 aliphatic rings. The second-order valence-corrected chi connectivity index (χ2v) is 6.35. The third-order valence-corrected chi connectivity index (χ3v) is 4.80. The van der Waals surface area contributed by atoms with Crippen molar-refractivity contribution in [3.05, 3.63) is 23.8 Å². The van der Waals surface area contributed by atoms with E-state index in [0.29, 0.717) is 25.4 Å². The summed E-state index contributed by atoms with van der Waals surface area (Å²) in [6.07, 6.45) is 0. The van der Waals surface area contributed by atoms with Gasteiger partial charge in [0.2, 0.25) is 10.0 Å². The number of nitrogens with zero attached hydrogens (tertiary/aromatic N) is 1. The summed E-state index contributed by atoms with van der Waals surface area (Å²) in [7, 11) is 2.77. The topological polar surface area (TPSA) is 67.9 Å². The van der Waals surface area contributed by atoms with Crippen LogP contribution in [-0.2, 0) is 21.3 Å². The van der Waals surface area contributed by atoms with Gasteiger partial charge in [-0.25, -0.2) is 8.42 Å². The minimum Gasteiger partial charge on any atom is -0.495 e. The van der Waals surface area contributed by atoms with Crippen LogP contribution in [0, 0.1) is 0 Å². The van der Waals surface area contributed by atoms with Crippen LogP contribution < -0.4 is 10.1 Å². The first kappa shape index (κ1) is 16.9. The summed E-state index contributed by atoms with van der Waals surface area (Å²) >= 11 is 0. The molecule has 0 saturated heterocycles. The Bertz CT molecular complexity index is 531. The molecule has 0 heterocycles. The maximum absolute atomic E-state index is 12.5. The van der Waals surface area contributed by atoms with E-state index in [1.54, 1.807) is 18.2 Å². The van der Waals surface area contributed by atoms with Gasteiger partial charge in [0.05, 0.1) is 13.7 Å². The van der Waals surface area contributed by atoms with Gasteiger partial charge < -0.3 is 14.8 Å². The highest BCUT2D eigenvalue weighted by Gasteiger charge is 2.24. The normalized spacial score (nSPS) is 11.8. The quantitative estimate of drug-likeness (QED) is 0.765. The minimum absolute atomic E-state index is 0.165. The average Bonchev–Trinajstić information content (AvgIpc) is 2.44. The number of ether oxygens (including phenoxy) is 2. The molecule has 0 radical (unpaired) electrons. The third-order valence-electron chi connectivity index (χ3n) is 2.91. The van der Waals surface area contributed by atoms with Crippen molar-refractivity contribution in [2.45, 2.75) is 11.4 Å². The third kappa shape index (κ3) is 3.92. The first-order chi connectivity index (χ1) is 9.47. The Hall–Kier alpha value is -1.15. The highest BCUT2D eigenvalue weighted by Crippen LogP contribution is 2.27. The van der Waals surface area contributed by atoms with Gasteiger partial charge in [0.25, 0.3) is 0 Å². The number of likely N-dealkylation sites (N-methyl/N-ethyl adjacent to an activating group) is 1. The van der Waals surface area contributed by atoms with Crippen LogP contribution in [0.15, 0.2) is 23.1 Å². The molecule has 1 aromatic rings. The molecular formula is C13H22N2O4S. The van der Waals surface area contributed by atoms with Gasteiger partial charge in [0, 0.05) is 27.2 Å². The molecule has 0 spiro atoms. The standard InChI is InChI=1S/C13H22N2O4S/c1-14-10-11-5-6-13(12(9-11)19-4)20(16,17)15(2)7-8-18-3/h5-6,9,14H,7-8,10H2,1-4H3. The molecule has 0 atom stereocenters. The molecule has 1 N–H and O–H groups in total. The van der Waals surface area contributed by atoms with E-state index in [-0.39, 0.29) is 4.90 Å². The van der Waals surface area contributed by atoms with Gasteiger partial charge in [0.1, 0.15) is 10.6 Å². The molecule has 0 amide bonds. The van der Waals surface area contributed by atoms with Gasteiger partial charge in [-0.3, -0.25) is 0 Å². The Labute approximate surface area is 120 Å². The molecule has 0 aliphatic heterocycles. The lowest BCUT2D eigenvalue weighted by Gasteiger charge is -2.19. The Morgan fingerprint density at radius 2 is 2.00 bits per heavy atom. The zero-order valence-electron chi connectivity index (χ0n) is 12.3. The Balaban J connectivity index is 3.11. The predicted octanol–water partition coefficient (Wildman–Crippen LogP) is 0.681.